The third-order valence-corrected chi connectivity index (χ3v) is 3.98. The molecule has 0 saturated carbocycles. The Balaban J connectivity index is 3.27. The number of alkyl halides is 2. The number of nitrogens with two attached hydrogens (primary N) is 1. The highest BCUT2D eigenvalue weighted by atomic mass is 32.1. The second-order valence-corrected chi connectivity index (χ2v) is 5.16. The molecule has 0 fully saturated rings. The lowest BCUT2D eigenvalue weighted by molar-refractivity contribution is 0.0983. The van der Waals surface area contributed by atoms with E-state index in [0.717, 1.165) is 17.8 Å². The quantitative estimate of drug-likeness (QED) is 0.890. The highest BCUT2D eigenvalue weighted by Crippen LogP contribution is 2.36. The summed E-state index contributed by atoms with van der Waals surface area (Å²) in [5.41, 5.74) is 4.41. The highest BCUT2D eigenvalue weighted by Gasteiger charge is 2.29. The minimum absolute atomic E-state index is 0.295. The van der Waals surface area contributed by atoms with Gasteiger partial charge in [-0.15, -0.1) is 11.3 Å². The SMILES string of the molecule is CCC(C)(C)c1nc(C(N)=O)c(C(F)F)s1. The van der Waals surface area contributed by atoms with Gasteiger partial charge in [0.25, 0.3) is 12.3 Å². The molecule has 0 saturated heterocycles. The van der Waals surface area contributed by atoms with Crippen molar-refractivity contribution >= 4 is 17.2 Å². The lowest BCUT2D eigenvalue weighted by Crippen LogP contribution is -2.17. The number of hydrogen-bond acceptors (Lipinski definition) is 3. The summed E-state index contributed by atoms with van der Waals surface area (Å²) in [6, 6.07) is 0. The second kappa shape index (κ2) is 4.45. The predicted molar refractivity (Wildman–Crippen MR) is 58.9 cm³/mol. The molecule has 1 aromatic rings. The molecule has 0 unspecified atom stereocenters. The van der Waals surface area contributed by atoms with Gasteiger partial charge in [0.05, 0.1) is 5.01 Å². The Bertz CT molecular complexity index is 402. The number of carbonyl (C=O) groups is 1. The lowest BCUT2D eigenvalue weighted by atomic mass is 9.91. The number of aromatic nitrogens is 1. The normalized spacial score (nSPS) is 12.1. The number of nitrogens with zero attached hydrogens (tertiary/aromatic N) is 1. The predicted octanol–water partition coefficient (Wildman–Crippen LogP) is 2.87. The van der Waals surface area contributed by atoms with Gasteiger partial charge in [-0.05, 0) is 6.42 Å². The minimum Gasteiger partial charge on any atom is -0.364 e. The molecule has 2 N–H and O–H groups in total. The first kappa shape index (κ1) is 13.0. The first-order valence-electron chi connectivity index (χ1n) is 4.88. The van der Waals surface area contributed by atoms with E-state index in [1.807, 2.05) is 20.8 Å². The molecule has 6 heteroatoms. The van der Waals surface area contributed by atoms with E-state index in [0.29, 0.717) is 5.01 Å². The van der Waals surface area contributed by atoms with Crippen LogP contribution in [0.25, 0.3) is 0 Å². The number of hydrogen-bond donors (Lipinski definition) is 1. The van der Waals surface area contributed by atoms with Crippen molar-refractivity contribution in [2.24, 2.45) is 5.73 Å². The molecule has 0 aliphatic rings. The molecule has 1 rings (SSSR count). The summed E-state index contributed by atoms with van der Waals surface area (Å²) in [5.74, 6) is -0.898. The molecular formula is C10H14F2N2OS. The molecule has 0 radical (unpaired) electrons. The maximum atomic E-state index is 12.7. The summed E-state index contributed by atoms with van der Waals surface area (Å²) in [5, 5.41) is 0.527. The Hall–Kier alpha value is -1.04. The van der Waals surface area contributed by atoms with Crippen molar-refractivity contribution in [2.45, 2.75) is 39.0 Å². The summed E-state index contributed by atoms with van der Waals surface area (Å²) in [6.45, 7) is 5.73. The van der Waals surface area contributed by atoms with Crippen molar-refractivity contribution in [3.8, 4) is 0 Å². The molecule has 1 aromatic heterocycles. The van der Waals surface area contributed by atoms with Crippen LogP contribution in [-0.2, 0) is 5.41 Å². The van der Waals surface area contributed by atoms with Crippen LogP contribution < -0.4 is 5.73 Å². The fourth-order valence-electron chi connectivity index (χ4n) is 1.10. The summed E-state index contributed by atoms with van der Waals surface area (Å²) in [7, 11) is 0. The number of amides is 1. The van der Waals surface area contributed by atoms with Crippen molar-refractivity contribution in [1.82, 2.24) is 4.98 Å². The van der Waals surface area contributed by atoms with E-state index in [4.69, 9.17) is 5.73 Å². The molecule has 90 valence electrons. The number of carbonyl (C=O) groups excluding carboxylic acids is 1. The van der Waals surface area contributed by atoms with Gasteiger partial charge < -0.3 is 5.73 Å². The first-order chi connectivity index (χ1) is 7.29. The van der Waals surface area contributed by atoms with E-state index in [1.165, 1.54) is 0 Å². The van der Waals surface area contributed by atoms with Gasteiger partial charge >= 0.3 is 0 Å². The standard InChI is InChI=1S/C10H14F2N2OS/c1-4-10(2,3)9-14-5(8(13)15)6(16-9)7(11)12/h7H,4H2,1-3H3,(H2,13,15). The van der Waals surface area contributed by atoms with Crippen LogP contribution in [0.4, 0.5) is 8.78 Å². The van der Waals surface area contributed by atoms with Crippen LogP contribution in [0, 0.1) is 0 Å². The number of primary amides is 1. The molecule has 0 aliphatic carbocycles. The summed E-state index contributed by atoms with van der Waals surface area (Å²) < 4.78 is 25.3. The van der Waals surface area contributed by atoms with Crippen LogP contribution in [0.5, 0.6) is 0 Å². The molecule has 0 aliphatic heterocycles. The van der Waals surface area contributed by atoms with Gasteiger partial charge in [-0.25, -0.2) is 13.8 Å². The molecule has 0 aromatic carbocycles. The van der Waals surface area contributed by atoms with Gasteiger partial charge in [0, 0.05) is 5.41 Å². The first-order valence-corrected chi connectivity index (χ1v) is 5.70. The van der Waals surface area contributed by atoms with Crippen molar-refractivity contribution in [3.05, 3.63) is 15.6 Å². The van der Waals surface area contributed by atoms with Crippen LogP contribution in [0.15, 0.2) is 0 Å². The molecule has 0 bridgehead atoms. The van der Waals surface area contributed by atoms with Gasteiger partial charge in [0.1, 0.15) is 10.6 Å². The molecule has 0 atom stereocenters. The third kappa shape index (κ3) is 2.37. The second-order valence-electron chi connectivity index (χ2n) is 4.13. The van der Waals surface area contributed by atoms with E-state index in [-0.39, 0.29) is 16.0 Å². The molecule has 1 heterocycles. The Morgan fingerprint density at radius 1 is 1.56 bits per heavy atom. The van der Waals surface area contributed by atoms with Crippen LogP contribution in [0.2, 0.25) is 0 Å². The van der Waals surface area contributed by atoms with Crippen molar-refractivity contribution in [1.29, 1.82) is 0 Å². The van der Waals surface area contributed by atoms with Gasteiger partial charge in [-0.1, -0.05) is 20.8 Å². The molecular weight excluding hydrogens is 234 g/mol. The van der Waals surface area contributed by atoms with E-state index < -0.39 is 12.3 Å². The monoisotopic (exact) mass is 248 g/mol. The number of rotatable bonds is 4. The fourth-order valence-corrected chi connectivity index (χ4v) is 2.19. The molecule has 16 heavy (non-hydrogen) atoms. The zero-order valence-corrected chi connectivity index (χ0v) is 10.2. The summed E-state index contributed by atoms with van der Waals surface area (Å²) >= 11 is 0.866. The smallest absolute Gasteiger partial charge is 0.275 e. The van der Waals surface area contributed by atoms with Crippen molar-refractivity contribution in [3.63, 3.8) is 0 Å². The van der Waals surface area contributed by atoms with Gasteiger partial charge in [0.2, 0.25) is 0 Å². The van der Waals surface area contributed by atoms with E-state index in [1.54, 1.807) is 0 Å². The molecule has 0 spiro atoms. The lowest BCUT2D eigenvalue weighted by Gasteiger charge is -2.18. The summed E-state index contributed by atoms with van der Waals surface area (Å²) in [4.78, 5) is 14.6. The molecule has 1 amide bonds. The minimum atomic E-state index is -2.71. The van der Waals surface area contributed by atoms with Crippen molar-refractivity contribution in [2.75, 3.05) is 0 Å². The molecule has 3 nitrogen and oxygen atoms in total. The Morgan fingerprint density at radius 3 is 2.44 bits per heavy atom. The zero-order chi connectivity index (χ0) is 12.5. The van der Waals surface area contributed by atoms with Crippen molar-refractivity contribution < 1.29 is 13.6 Å². The zero-order valence-electron chi connectivity index (χ0n) is 9.38. The van der Waals surface area contributed by atoms with Crippen LogP contribution in [0.1, 0.15) is 54.0 Å². The largest absolute Gasteiger partial charge is 0.364 e. The van der Waals surface area contributed by atoms with Crippen LogP contribution >= 0.6 is 11.3 Å². The number of halogens is 2. The van der Waals surface area contributed by atoms with Gasteiger partial charge in [0.15, 0.2) is 0 Å². The average molecular weight is 248 g/mol. The Labute approximate surface area is 96.7 Å². The van der Waals surface area contributed by atoms with Gasteiger partial charge in [-0.2, -0.15) is 0 Å². The fraction of sp³-hybridized carbons (Fsp3) is 0.600. The number of thiazole rings is 1. The maximum absolute atomic E-state index is 12.7. The topological polar surface area (TPSA) is 56.0 Å². The third-order valence-electron chi connectivity index (χ3n) is 2.55. The Morgan fingerprint density at radius 2 is 2.12 bits per heavy atom. The summed E-state index contributed by atoms with van der Waals surface area (Å²) in [6.07, 6.45) is -1.96. The maximum Gasteiger partial charge on any atom is 0.275 e. The van der Waals surface area contributed by atoms with E-state index in [2.05, 4.69) is 4.98 Å². The van der Waals surface area contributed by atoms with Gasteiger partial charge in [-0.3, -0.25) is 4.79 Å². The van der Waals surface area contributed by atoms with Crippen LogP contribution in [-0.4, -0.2) is 10.9 Å². The van der Waals surface area contributed by atoms with E-state index in [9.17, 15) is 13.6 Å². The highest BCUT2D eigenvalue weighted by molar-refractivity contribution is 7.12. The van der Waals surface area contributed by atoms with Crippen LogP contribution in [0.3, 0.4) is 0 Å². The Kier molecular flexibility index (Phi) is 3.62. The average Bonchev–Trinajstić information content (AvgIpc) is 2.62. The van der Waals surface area contributed by atoms with E-state index >= 15 is 0 Å².